The van der Waals surface area contributed by atoms with Crippen LogP contribution in [0, 0.1) is 6.92 Å². The molecule has 2 aromatic rings. The van der Waals surface area contributed by atoms with Gasteiger partial charge in [0, 0.05) is 41.4 Å². The summed E-state index contributed by atoms with van der Waals surface area (Å²) in [7, 11) is 1.74. The van der Waals surface area contributed by atoms with Crippen molar-refractivity contribution in [2.45, 2.75) is 32.9 Å². The van der Waals surface area contributed by atoms with Crippen LogP contribution < -0.4 is 21.7 Å². The minimum atomic E-state index is -0.573. The number of carbonyl (C=O) groups excluding carboxylic acids is 2. The van der Waals surface area contributed by atoms with Gasteiger partial charge in [-0.25, -0.2) is 0 Å². The van der Waals surface area contributed by atoms with E-state index in [9.17, 15) is 9.59 Å². The van der Waals surface area contributed by atoms with Gasteiger partial charge in [-0.05, 0) is 43.7 Å². The zero-order valence-electron chi connectivity index (χ0n) is 16.8. The number of aryl methyl sites for hydroxylation is 1. The Morgan fingerprint density at radius 1 is 1.14 bits per heavy atom. The first kappa shape index (κ1) is 24.9. The van der Waals surface area contributed by atoms with Gasteiger partial charge in [-0.2, -0.15) is 0 Å². The van der Waals surface area contributed by atoms with Crippen molar-refractivity contribution in [3.8, 4) is 0 Å². The van der Waals surface area contributed by atoms with Gasteiger partial charge in [0.15, 0.2) is 5.96 Å². The molecule has 1 atom stereocenters. The van der Waals surface area contributed by atoms with Crippen LogP contribution in [0.4, 0.5) is 0 Å². The minimum Gasteiger partial charge on any atom is -0.368 e. The Labute approximate surface area is 192 Å². The number of thiophene rings is 1. The molecule has 9 heteroatoms. The number of nitrogens with two attached hydrogens (primary N) is 1. The molecule has 0 radical (unpaired) electrons. The molecule has 0 fully saturated rings. The lowest BCUT2D eigenvalue weighted by atomic mass is 10.1. The number of aliphatic imine (C=N–C) groups is 1. The fourth-order valence-electron chi connectivity index (χ4n) is 2.60. The van der Waals surface area contributed by atoms with Crippen LogP contribution >= 0.6 is 35.3 Å². The van der Waals surface area contributed by atoms with Gasteiger partial charge in [0.25, 0.3) is 5.91 Å². The number of benzene rings is 1. The quantitative estimate of drug-likeness (QED) is 0.239. The lowest BCUT2D eigenvalue weighted by Crippen LogP contribution is -2.42. The van der Waals surface area contributed by atoms with Gasteiger partial charge in [-0.15, -0.1) is 35.3 Å². The molecule has 1 unspecified atom stereocenters. The van der Waals surface area contributed by atoms with Crippen molar-refractivity contribution in [2.24, 2.45) is 10.7 Å². The Morgan fingerprint density at radius 3 is 2.38 bits per heavy atom. The molecule has 2 rings (SSSR count). The zero-order chi connectivity index (χ0) is 20.5. The van der Waals surface area contributed by atoms with Gasteiger partial charge in [0.2, 0.25) is 5.91 Å². The van der Waals surface area contributed by atoms with Gasteiger partial charge >= 0.3 is 0 Å². The van der Waals surface area contributed by atoms with Crippen molar-refractivity contribution in [1.29, 1.82) is 0 Å². The fourth-order valence-corrected chi connectivity index (χ4v) is 3.62. The Morgan fingerprint density at radius 2 is 1.83 bits per heavy atom. The highest BCUT2D eigenvalue weighted by molar-refractivity contribution is 14.0. The third-order valence-electron chi connectivity index (χ3n) is 4.01. The SMILES string of the molecule is CN=C(NCc1ccc(C(=O)NCC(N)=O)cc1)NC(C)Cc1ccc(C)s1.I. The summed E-state index contributed by atoms with van der Waals surface area (Å²) in [5.41, 5.74) is 6.51. The summed E-state index contributed by atoms with van der Waals surface area (Å²) in [5.74, 6) is -0.172. The Bertz CT molecular complexity index is 836. The van der Waals surface area contributed by atoms with Crippen molar-refractivity contribution >= 4 is 53.1 Å². The number of amides is 2. The molecule has 158 valence electrons. The molecule has 1 aromatic carbocycles. The second kappa shape index (κ2) is 12.4. The molecule has 0 spiro atoms. The second-order valence-corrected chi connectivity index (χ2v) is 7.91. The first-order chi connectivity index (χ1) is 13.4. The standard InChI is InChI=1S/C20H27N5O2S.HI/c1-13(10-17-9-4-14(2)28-17)25-20(22-3)24-11-15-5-7-16(8-6-15)19(27)23-12-18(21)26;/h4-9,13H,10-12H2,1-3H3,(H2,21,26)(H,23,27)(H2,22,24,25);1H. The van der Waals surface area contributed by atoms with E-state index in [2.05, 4.69) is 46.9 Å². The number of hydrogen-bond donors (Lipinski definition) is 4. The zero-order valence-corrected chi connectivity index (χ0v) is 20.0. The van der Waals surface area contributed by atoms with Gasteiger partial charge < -0.3 is 21.7 Å². The van der Waals surface area contributed by atoms with Gasteiger partial charge in [0.1, 0.15) is 0 Å². The highest BCUT2D eigenvalue weighted by Crippen LogP contribution is 2.16. The maximum Gasteiger partial charge on any atom is 0.251 e. The second-order valence-electron chi connectivity index (χ2n) is 6.53. The van der Waals surface area contributed by atoms with Gasteiger partial charge in [-0.1, -0.05) is 12.1 Å². The van der Waals surface area contributed by atoms with Crippen LogP contribution in [0.15, 0.2) is 41.4 Å². The molecule has 0 aliphatic rings. The van der Waals surface area contributed by atoms with E-state index in [0.29, 0.717) is 12.1 Å². The first-order valence-electron chi connectivity index (χ1n) is 9.05. The van der Waals surface area contributed by atoms with Crippen LogP contribution in [0.1, 0.15) is 32.6 Å². The molecule has 1 aromatic heterocycles. The number of nitrogens with one attached hydrogen (secondary N) is 3. The van der Waals surface area contributed by atoms with Crippen LogP contribution in [0.2, 0.25) is 0 Å². The molecule has 7 nitrogen and oxygen atoms in total. The number of rotatable bonds is 8. The van der Waals surface area contributed by atoms with E-state index in [1.54, 1.807) is 19.2 Å². The van der Waals surface area contributed by atoms with Crippen LogP contribution in [0.5, 0.6) is 0 Å². The first-order valence-corrected chi connectivity index (χ1v) is 9.87. The summed E-state index contributed by atoms with van der Waals surface area (Å²) >= 11 is 1.81. The molecule has 1 heterocycles. The van der Waals surface area contributed by atoms with Crippen LogP contribution in [0.25, 0.3) is 0 Å². The van der Waals surface area contributed by atoms with Crippen molar-refractivity contribution in [3.63, 3.8) is 0 Å². The molecule has 0 aliphatic carbocycles. The van der Waals surface area contributed by atoms with E-state index in [1.807, 2.05) is 23.5 Å². The summed E-state index contributed by atoms with van der Waals surface area (Å²) in [5, 5.41) is 9.13. The number of guanidine groups is 1. The molecule has 29 heavy (non-hydrogen) atoms. The van der Waals surface area contributed by atoms with E-state index in [-0.39, 0.29) is 42.5 Å². The normalized spacial score (nSPS) is 11.9. The van der Waals surface area contributed by atoms with Gasteiger partial charge in [-0.3, -0.25) is 14.6 Å². The largest absolute Gasteiger partial charge is 0.368 e. The summed E-state index contributed by atoms with van der Waals surface area (Å²) < 4.78 is 0. The molecule has 0 bridgehead atoms. The number of hydrogen-bond acceptors (Lipinski definition) is 4. The number of nitrogens with zero attached hydrogens (tertiary/aromatic N) is 1. The van der Waals surface area contributed by atoms with Crippen molar-refractivity contribution in [2.75, 3.05) is 13.6 Å². The average Bonchev–Trinajstić information content (AvgIpc) is 3.08. The predicted molar refractivity (Wildman–Crippen MR) is 129 cm³/mol. The minimum absolute atomic E-state index is 0. The molecule has 0 saturated carbocycles. The summed E-state index contributed by atoms with van der Waals surface area (Å²) in [6.45, 7) is 4.64. The van der Waals surface area contributed by atoms with E-state index in [1.165, 1.54) is 9.75 Å². The van der Waals surface area contributed by atoms with E-state index < -0.39 is 5.91 Å². The predicted octanol–water partition coefficient (Wildman–Crippen LogP) is 2.19. The van der Waals surface area contributed by atoms with Crippen molar-refractivity contribution in [1.82, 2.24) is 16.0 Å². The Hall–Kier alpha value is -2.14. The monoisotopic (exact) mass is 529 g/mol. The van der Waals surface area contributed by atoms with E-state index >= 15 is 0 Å². The summed E-state index contributed by atoms with van der Waals surface area (Å²) in [6, 6.07) is 11.7. The van der Waals surface area contributed by atoms with E-state index in [4.69, 9.17) is 5.73 Å². The molecule has 0 aliphatic heterocycles. The van der Waals surface area contributed by atoms with Gasteiger partial charge in [0.05, 0.1) is 6.54 Å². The molecular formula is C20H28IN5O2S. The van der Waals surface area contributed by atoms with Crippen LogP contribution in [-0.4, -0.2) is 37.4 Å². The maximum atomic E-state index is 11.9. The van der Waals surface area contributed by atoms with Crippen LogP contribution in [-0.2, 0) is 17.8 Å². The topological polar surface area (TPSA) is 109 Å². The number of halogens is 1. The lowest BCUT2D eigenvalue weighted by molar-refractivity contribution is -0.117. The smallest absolute Gasteiger partial charge is 0.251 e. The third kappa shape index (κ3) is 8.82. The lowest BCUT2D eigenvalue weighted by Gasteiger charge is -2.17. The molecule has 5 N–H and O–H groups in total. The van der Waals surface area contributed by atoms with Crippen LogP contribution in [0.3, 0.4) is 0 Å². The highest BCUT2D eigenvalue weighted by Gasteiger charge is 2.09. The summed E-state index contributed by atoms with van der Waals surface area (Å²) in [6.07, 6.45) is 0.939. The highest BCUT2D eigenvalue weighted by atomic mass is 127. The number of carbonyl (C=O) groups is 2. The molecule has 2 amide bonds. The molecule has 0 saturated heterocycles. The Balaban J connectivity index is 0.00000420. The fraction of sp³-hybridized carbons (Fsp3) is 0.350. The van der Waals surface area contributed by atoms with Crippen molar-refractivity contribution < 1.29 is 9.59 Å². The Kier molecular flexibility index (Phi) is 10.7. The maximum absolute atomic E-state index is 11.9. The average molecular weight is 529 g/mol. The van der Waals surface area contributed by atoms with Crippen molar-refractivity contribution in [3.05, 3.63) is 57.3 Å². The third-order valence-corrected chi connectivity index (χ3v) is 5.03. The van der Waals surface area contributed by atoms with E-state index in [0.717, 1.165) is 17.9 Å². The molecular weight excluding hydrogens is 501 g/mol. The summed E-state index contributed by atoms with van der Waals surface area (Å²) in [4.78, 5) is 29.5. The number of primary amides is 1.